The summed E-state index contributed by atoms with van der Waals surface area (Å²) in [6.07, 6.45) is 0. The lowest BCUT2D eigenvalue weighted by atomic mass is 9.79. The number of aromatic hydroxyl groups is 19. The van der Waals surface area contributed by atoms with E-state index < -0.39 is 5.92 Å². The Kier molecular flexibility index (Phi) is 34.7. The minimum absolute atomic E-state index is 0.0132. The predicted octanol–water partition coefficient (Wildman–Crippen LogP) is 28.9. The molecule has 0 saturated heterocycles. The smallest absolute Gasteiger partial charge is 0.126 e. The molecule has 0 aliphatic heterocycles. The minimum atomic E-state index is -0.450. The normalized spacial score (nSPS) is 11.0. The molecule has 18 aromatic rings. The zero-order valence-corrected chi connectivity index (χ0v) is 87.1. The van der Waals surface area contributed by atoms with Gasteiger partial charge >= 0.3 is 0 Å². The number of phenolic OH excluding ortho intramolecular Hbond substituents is 19. The van der Waals surface area contributed by atoms with Crippen molar-refractivity contribution in [3.63, 3.8) is 0 Å². The van der Waals surface area contributed by atoms with Crippen molar-refractivity contribution in [2.24, 2.45) is 0 Å². The van der Waals surface area contributed by atoms with Gasteiger partial charge in [-0.1, -0.05) is 206 Å². The third-order valence-corrected chi connectivity index (χ3v) is 27.9. The zero-order chi connectivity index (χ0) is 109. The van der Waals surface area contributed by atoms with Crippen LogP contribution in [-0.2, 0) is 0 Å². The molecule has 0 heterocycles. The summed E-state index contributed by atoms with van der Waals surface area (Å²) < 4.78 is 0. The van der Waals surface area contributed by atoms with Gasteiger partial charge in [0.05, 0.1) is 0 Å². The molecule has 768 valence electrons. The van der Waals surface area contributed by atoms with Crippen LogP contribution in [0.2, 0.25) is 0 Å². The number of aryl methyl sites for hydroxylation is 15. The molecule has 19 nitrogen and oxygen atoms in total. The van der Waals surface area contributed by atoms with Crippen molar-refractivity contribution in [2.75, 3.05) is 0 Å². The summed E-state index contributed by atoms with van der Waals surface area (Å²) >= 11 is 0. The van der Waals surface area contributed by atoms with Crippen LogP contribution < -0.4 is 0 Å². The molecule has 0 saturated carbocycles. The second-order valence-electron chi connectivity index (χ2n) is 39.0. The number of para-hydroxylation sites is 1. The number of hydrogen-bond donors (Lipinski definition) is 19. The van der Waals surface area contributed by atoms with Gasteiger partial charge in [-0.15, -0.1) is 0 Å². The fourth-order valence-electron chi connectivity index (χ4n) is 19.2. The van der Waals surface area contributed by atoms with Gasteiger partial charge in [-0.25, -0.2) is 0 Å². The molecule has 0 atom stereocenters. The average molecular weight is 2010 g/mol. The largest absolute Gasteiger partial charge is 0.508 e. The van der Waals surface area contributed by atoms with E-state index >= 15 is 0 Å². The lowest BCUT2D eigenvalue weighted by Crippen LogP contribution is -2.08. The topological polar surface area (TPSA) is 384 Å². The maximum Gasteiger partial charge on any atom is 0.126 e. The van der Waals surface area contributed by atoms with Gasteiger partial charge in [0.25, 0.3) is 0 Å². The summed E-state index contributed by atoms with van der Waals surface area (Å²) in [7, 11) is 0. The molecule has 19 N–H and O–H groups in total. The lowest BCUT2D eigenvalue weighted by molar-refractivity contribution is 0.432. The summed E-state index contributed by atoms with van der Waals surface area (Å²) in [4.78, 5) is 0. The van der Waals surface area contributed by atoms with E-state index in [2.05, 4.69) is 0 Å². The Labute approximate surface area is 876 Å². The summed E-state index contributed by atoms with van der Waals surface area (Å²) in [5.41, 5.74) is 31.4. The van der Waals surface area contributed by atoms with E-state index in [9.17, 15) is 97.0 Å². The third-order valence-electron chi connectivity index (χ3n) is 27.9. The van der Waals surface area contributed by atoms with Crippen LogP contribution in [0.25, 0.3) is 0 Å². The highest BCUT2D eigenvalue weighted by Gasteiger charge is 2.31. The zero-order valence-electron chi connectivity index (χ0n) is 87.1. The van der Waals surface area contributed by atoms with Crippen molar-refractivity contribution in [2.45, 2.75) is 153 Å². The Bertz CT molecular complexity index is 7360. The summed E-state index contributed by atoms with van der Waals surface area (Å²) in [5.74, 6) is 2.98. The molecule has 18 rings (SSSR count). The Balaban J connectivity index is 0.000000150. The number of phenols is 19. The van der Waals surface area contributed by atoms with Crippen LogP contribution in [0, 0.1) is 118 Å². The van der Waals surface area contributed by atoms with Gasteiger partial charge in [-0.05, 0) is 406 Å². The van der Waals surface area contributed by atoms with E-state index in [0.717, 1.165) is 172 Å². The number of benzene rings is 18. The SMILES string of the molecule is Cc1cc(C(c2cc(C)c(O)cc2C)c2ccccc2O)c(C)cc1O.Cc1cc(C(c2ccc(O)cc2)c2cc(C)c(O)c(C)c2)cc(C)c1O.Cc1cc(C(c2ccc(O)cc2)c2cc(C)c(O)cc2C)c(C)cc1O.Cc1cc(C(c2ccc(O)cc2)c2ccc(O)c(C)c2)ccc1O.Cc1ccc(C(c2ccc(O)c(C)c2O)c2ccc(O)c(C)c2O)cc1.Oc1ccc(C(c2ccc(O)cc2)c2ccc(O)cc2)cc1. The van der Waals surface area contributed by atoms with Crippen molar-refractivity contribution in [1.82, 2.24) is 0 Å². The van der Waals surface area contributed by atoms with Gasteiger partial charge < -0.3 is 97.0 Å². The maximum absolute atomic E-state index is 10.6. The maximum atomic E-state index is 10.6. The van der Waals surface area contributed by atoms with Crippen LogP contribution in [0.3, 0.4) is 0 Å². The van der Waals surface area contributed by atoms with Crippen LogP contribution in [-0.4, -0.2) is 97.0 Å². The van der Waals surface area contributed by atoms with Crippen molar-refractivity contribution < 1.29 is 97.0 Å². The molecule has 0 aromatic heterocycles. The molecule has 19 heteroatoms. The highest BCUT2D eigenvalue weighted by atomic mass is 16.3. The van der Waals surface area contributed by atoms with Crippen LogP contribution in [0.1, 0.15) is 230 Å². The lowest BCUT2D eigenvalue weighted by Gasteiger charge is -2.25. The van der Waals surface area contributed by atoms with E-state index in [4.69, 9.17) is 0 Å². The molecular formula is C131H130O19. The van der Waals surface area contributed by atoms with E-state index in [-0.39, 0.29) is 127 Å². The Morgan fingerprint density at radius 3 is 0.613 bits per heavy atom. The van der Waals surface area contributed by atoms with Crippen LogP contribution in [0.5, 0.6) is 109 Å². The molecule has 0 radical (unpaired) electrons. The van der Waals surface area contributed by atoms with Crippen LogP contribution in [0.4, 0.5) is 0 Å². The predicted molar refractivity (Wildman–Crippen MR) is 594 cm³/mol. The van der Waals surface area contributed by atoms with E-state index in [1.807, 2.05) is 286 Å². The molecule has 0 unspecified atom stereocenters. The van der Waals surface area contributed by atoms with Gasteiger partial charge in [0, 0.05) is 63.3 Å². The second-order valence-corrected chi connectivity index (χ2v) is 39.0. The highest BCUT2D eigenvalue weighted by molar-refractivity contribution is 5.64. The Hall–Kier alpha value is -17.8. The Morgan fingerprint density at radius 2 is 0.340 bits per heavy atom. The van der Waals surface area contributed by atoms with Gasteiger partial charge in [-0.2, -0.15) is 0 Å². The van der Waals surface area contributed by atoms with Crippen molar-refractivity contribution >= 4 is 0 Å². The monoisotopic (exact) mass is 2010 g/mol. The molecule has 0 bridgehead atoms. The standard InChI is InChI=1S/3C23H24O3.C22H22O4.C21H20O3.C19H16O3/c1-13-11-21(25)15(3)9-19(13)23(17-5-7-18(24)8-6-17)20-10-16(4)22(26)12-14(20)2;1-13-9-18(10-14(2)22(13)25)21(17-5-7-20(24)8-6-17)19-11-15(3)23(26)16(4)12-19;1-13-11-21(25)15(3)9-18(13)23(17-7-5-6-8-20(17)24)19-10-16(4)22(26)12-14(19)2;1-12-4-6-15(7-5-12)20(16-8-10-18(23)13(2)21(16)25)17-9-11-19(24)14(3)22(17)26;1-13-11-16(5-9-19(13)23)21(15-3-7-18(22)8-4-15)17-6-10-20(24)14(2)12-17;20-16-7-1-13(2-8-16)19(14-3-9-17(21)10-4-14)15-5-11-18(22)12-6-15/h5-12,23-26H,1-4H3;5-12,21,24-26H,1-4H3;5-12,23-26H,1-4H3;4-11,20,23-26H,1-3H3;3-12,21-24H,1-2H3;1-12,19-22H. The Morgan fingerprint density at radius 1 is 0.127 bits per heavy atom. The van der Waals surface area contributed by atoms with E-state index in [1.165, 1.54) is 12.1 Å². The van der Waals surface area contributed by atoms with Gasteiger partial charge in [0.1, 0.15) is 109 Å². The summed E-state index contributed by atoms with van der Waals surface area (Å²) in [6, 6.07) is 98.5. The fourth-order valence-corrected chi connectivity index (χ4v) is 19.2. The molecule has 0 aliphatic carbocycles. The first kappa shape index (κ1) is 109. The van der Waals surface area contributed by atoms with Crippen LogP contribution >= 0.6 is 0 Å². The number of hydrogen-bond acceptors (Lipinski definition) is 19. The summed E-state index contributed by atoms with van der Waals surface area (Å²) in [5, 5.41) is 189. The molecule has 0 spiro atoms. The highest BCUT2D eigenvalue weighted by Crippen LogP contribution is 2.50. The quantitative estimate of drug-likeness (QED) is 0.0355. The first-order chi connectivity index (χ1) is 71.2. The van der Waals surface area contributed by atoms with Crippen molar-refractivity contribution in [3.05, 3.63) is 522 Å². The number of rotatable bonds is 18. The van der Waals surface area contributed by atoms with Crippen molar-refractivity contribution in [1.29, 1.82) is 0 Å². The summed E-state index contributed by atoms with van der Waals surface area (Å²) in [6.45, 7) is 32.0. The molecule has 18 aromatic carbocycles. The fraction of sp³-hybridized carbons (Fsp3) is 0.176. The van der Waals surface area contributed by atoms with E-state index in [0.29, 0.717) is 33.8 Å². The van der Waals surface area contributed by atoms with Gasteiger partial charge in [0.2, 0.25) is 0 Å². The van der Waals surface area contributed by atoms with Gasteiger partial charge in [0.15, 0.2) is 0 Å². The second kappa shape index (κ2) is 47.6. The first-order valence-electron chi connectivity index (χ1n) is 49.2. The molecule has 0 aliphatic rings. The van der Waals surface area contributed by atoms with Crippen molar-refractivity contribution in [3.8, 4) is 109 Å². The average Bonchev–Trinajstić information content (AvgIpc) is 0.753. The first-order valence-corrected chi connectivity index (χ1v) is 49.2. The van der Waals surface area contributed by atoms with E-state index in [1.54, 1.807) is 147 Å². The van der Waals surface area contributed by atoms with Gasteiger partial charge in [-0.3, -0.25) is 0 Å². The minimum Gasteiger partial charge on any atom is -0.508 e. The molecule has 150 heavy (non-hydrogen) atoms. The molecule has 0 fully saturated rings. The third kappa shape index (κ3) is 25.6. The molecule has 0 amide bonds. The molecular weight excluding hydrogens is 1880 g/mol. The van der Waals surface area contributed by atoms with Crippen LogP contribution in [0.15, 0.2) is 328 Å².